The number of hydrogen-bond acceptors (Lipinski definition) is 4. The first-order chi connectivity index (χ1) is 15.6. The van der Waals surface area contributed by atoms with E-state index in [-0.39, 0.29) is 6.10 Å². The van der Waals surface area contributed by atoms with Crippen LogP contribution >= 0.6 is 15.9 Å². The van der Waals surface area contributed by atoms with E-state index in [1.54, 1.807) is 18.4 Å². The summed E-state index contributed by atoms with van der Waals surface area (Å²) in [5.41, 5.74) is 1.36. The van der Waals surface area contributed by atoms with Crippen molar-refractivity contribution in [1.29, 1.82) is 0 Å². The Morgan fingerprint density at radius 3 is 2.30 bits per heavy atom. The summed E-state index contributed by atoms with van der Waals surface area (Å²) in [7, 11) is -0.0253. The smallest absolute Gasteiger partial charge is 0.281 e. The van der Waals surface area contributed by atoms with Crippen molar-refractivity contribution < 1.29 is 13.2 Å². The predicted octanol–water partition coefficient (Wildman–Crippen LogP) is 4.79. The maximum Gasteiger partial charge on any atom is 0.281 e. The molecule has 6 nitrogen and oxygen atoms in total. The Kier molecular flexibility index (Phi) is 10.1. The molecule has 2 saturated heterocycles. The zero-order valence-corrected chi connectivity index (χ0v) is 23.2. The molecule has 2 aliphatic rings. The van der Waals surface area contributed by atoms with Crippen molar-refractivity contribution in [1.82, 2.24) is 13.5 Å². The highest BCUT2D eigenvalue weighted by Crippen LogP contribution is 2.30. The summed E-state index contributed by atoms with van der Waals surface area (Å²) in [6, 6.07) is 6.36. The molecule has 0 spiro atoms. The quantitative estimate of drug-likeness (QED) is 0.425. The highest BCUT2D eigenvalue weighted by Gasteiger charge is 2.29. The van der Waals surface area contributed by atoms with Crippen LogP contribution in [0.25, 0.3) is 0 Å². The van der Waals surface area contributed by atoms with Crippen LogP contribution in [0.2, 0.25) is 0 Å². The Morgan fingerprint density at radius 1 is 1.06 bits per heavy atom. The number of halogens is 1. The molecule has 188 valence electrons. The van der Waals surface area contributed by atoms with Crippen LogP contribution < -0.4 is 4.74 Å². The topological polar surface area (TPSA) is 53.1 Å². The summed E-state index contributed by atoms with van der Waals surface area (Å²) in [5, 5.41) is 0. The lowest BCUT2D eigenvalue weighted by Crippen LogP contribution is -2.44. The summed E-state index contributed by atoms with van der Waals surface area (Å²) in [6.07, 6.45) is 8.22. The van der Waals surface area contributed by atoms with Crippen molar-refractivity contribution in [2.75, 3.05) is 46.8 Å². The van der Waals surface area contributed by atoms with E-state index in [2.05, 4.69) is 46.8 Å². The van der Waals surface area contributed by atoms with Gasteiger partial charge in [-0.15, -0.1) is 0 Å². The highest BCUT2D eigenvalue weighted by atomic mass is 79.9. The SMILES string of the molecule is CC(C)Oc1ccc(Br)c(CC2CCN(CCCC3CCN(S(=O)(=O)N(C)C)CC3)CC2)c1. The summed E-state index contributed by atoms with van der Waals surface area (Å²) in [6.45, 7) is 9.00. The first kappa shape index (κ1) is 26.9. The normalized spacial score (nSPS) is 20.1. The molecule has 0 aliphatic carbocycles. The zero-order valence-electron chi connectivity index (χ0n) is 20.8. The molecule has 1 aromatic carbocycles. The van der Waals surface area contributed by atoms with Gasteiger partial charge in [-0.25, -0.2) is 0 Å². The molecule has 0 amide bonds. The van der Waals surface area contributed by atoms with Crippen LogP contribution in [0.4, 0.5) is 0 Å². The fourth-order valence-electron chi connectivity index (χ4n) is 5.04. The Bertz CT molecular complexity index is 846. The van der Waals surface area contributed by atoms with E-state index in [4.69, 9.17) is 4.74 Å². The lowest BCUT2D eigenvalue weighted by molar-refractivity contribution is 0.173. The van der Waals surface area contributed by atoms with Crippen LogP contribution in [0.1, 0.15) is 57.9 Å². The fourth-order valence-corrected chi connectivity index (χ4v) is 6.58. The van der Waals surface area contributed by atoms with Gasteiger partial charge in [0.1, 0.15) is 5.75 Å². The van der Waals surface area contributed by atoms with Crippen LogP contribution in [-0.4, -0.2) is 74.9 Å². The van der Waals surface area contributed by atoms with Gasteiger partial charge in [-0.1, -0.05) is 15.9 Å². The van der Waals surface area contributed by atoms with E-state index < -0.39 is 10.2 Å². The number of rotatable bonds is 10. The third kappa shape index (κ3) is 7.92. The molecular formula is C25H42BrN3O3S. The van der Waals surface area contributed by atoms with E-state index in [1.807, 2.05) is 6.07 Å². The second kappa shape index (κ2) is 12.3. The van der Waals surface area contributed by atoms with Gasteiger partial charge in [0.2, 0.25) is 0 Å². The average molecular weight is 545 g/mol. The van der Waals surface area contributed by atoms with Crippen molar-refractivity contribution in [3.05, 3.63) is 28.2 Å². The molecule has 2 aliphatic heterocycles. The molecule has 33 heavy (non-hydrogen) atoms. The van der Waals surface area contributed by atoms with Crippen LogP contribution in [0, 0.1) is 11.8 Å². The van der Waals surface area contributed by atoms with Crippen molar-refractivity contribution in [3.63, 3.8) is 0 Å². The maximum atomic E-state index is 12.3. The summed E-state index contributed by atoms with van der Waals surface area (Å²) >= 11 is 3.72. The number of benzene rings is 1. The third-order valence-corrected chi connectivity index (χ3v) is 9.77. The molecule has 0 radical (unpaired) electrons. The van der Waals surface area contributed by atoms with Crippen LogP contribution in [-0.2, 0) is 16.6 Å². The van der Waals surface area contributed by atoms with Crippen molar-refractivity contribution in [2.45, 2.75) is 64.9 Å². The van der Waals surface area contributed by atoms with E-state index in [9.17, 15) is 8.42 Å². The Morgan fingerprint density at radius 2 is 1.70 bits per heavy atom. The van der Waals surface area contributed by atoms with Gasteiger partial charge in [0.05, 0.1) is 6.10 Å². The second-order valence-corrected chi connectivity index (χ2v) is 13.2. The molecule has 2 fully saturated rings. The molecule has 0 unspecified atom stereocenters. The zero-order chi connectivity index (χ0) is 24.0. The lowest BCUT2D eigenvalue weighted by Gasteiger charge is -2.34. The number of piperidine rings is 2. The third-order valence-electron chi connectivity index (χ3n) is 7.05. The van der Waals surface area contributed by atoms with Gasteiger partial charge in [0, 0.05) is 31.7 Å². The van der Waals surface area contributed by atoms with Crippen molar-refractivity contribution >= 4 is 26.1 Å². The van der Waals surface area contributed by atoms with E-state index in [0.717, 1.165) is 30.9 Å². The highest BCUT2D eigenvalue weighted by molar-refractivity contribution is 9.10. The van der Waals surface area contributed by atoms with Gasteiger partial charge in [-0.05, 0) is 114 Å². The molecule has 0 aromatic heterocycles. The average Bonchev–Trinajstić information content (AvgIpc) is 2.77. The number of likely N-dealkylation sites (tertiary alicyclic amines) is 1. The number of ether oxygens (including phenoxy) is 1. The van der Waals surface area contributed by atoms with E-state index in [1.165, 1.54) is 59.7 Å². The van der Waals surface area contributed by atoms with Gasteiger partial charge < -0.3 is 9.64 Å². The van der Waals surface area contributed by atoms with Gasteiger partial charge in [0.25, 0.3) is 10.2 Å². The molecule has 8 heteroatoms. The Hall–Kier alpha value is -0.670. The monoisotopic (exact) mass is 543 g/mol. The van der Waals surface area contributed by atoms with Gasteiger partial charge in [-0.3, -0.25) is 0 Å². The maximum absolute atomic E-state index is 12.3. The van der Waals surface area contributed by atoms with Crippen molar-refractivity contribution in [3.8, 4) is 5.75 Å². The van der Waals surface area contributed by atoms with Crippen LogP contribution in [0.15, 0.2) is 22.7 Å². The summed E-state index contributed by atoms with van der Waals surface area (Å²) in [5.74, 6) is 2.36. The molecule has 0 N–H and O–H groups in total. The first-order valence-electron chi connectivity index (χ1n) is 12.5. The van der Waals surface area contributed by atoms with Gasteiger partial charge in [-0.2, -0.15) is 17.0 Å². The minimum absolute atomic E-state index is 0.195. The molecule has 0 bridgehead atoms. The predicted molar refractivity (Wildman–Crippen MR) is 139 cm³/mol. The first-order valence-corrected chi connectivity index (χ1v) is 14.7. The number of nitrogens with zero attached hydrogens (tertiary/aromatic N) is 3. The molecular weight excluding hydrogens is 502 g/mol. The fraction of sp³-hybridized carbons (Fsp3) is 0.760. The van der Waals surface area contributed by atoms with Crippen LogP contribution in [0.3, 0.4) is 0 Å². The minimum Gasteiger partial charge on any atom is -0.491 e. The van der Waals surface area contributed by atoms with Gasteiger partial charge >= 0.3 is 0 Å². The van der Waals surface area contributed by atoms with E-state index >= 15 is 0 Å². The Labute approximate surface area is 210 Å². The molecule has 2 heterocycles. The summed E-state index contributed by atoms with van der Waals surface area (Å²) < 4.78 is 34.6. The number of hydrogen-bond donors (Lipinski definition) is 0. The van der Waals surface area contributed by atoms with Crippen LogP contribution in [0.5, 0.6) is 5.75 Å². The largest absolute Gasteiger partial charge is 0.491 e. The second-order valence-electron chi connectivity index (χ2n) is 10.2. The standard InChI is InChI=1S/C25H42BrN3O3S/c1-20(2)32-24-7-8-25(26)23(19-24)18-22-9-14-28(15-10-22)13-5-6-21-11-16-29(17-12-21)33(30,31)27(3)4/h7-8,19-22H,5-6,9-18H2,1-4H3. The lowest BCUT2D eigenvalue weighted by atomic mass is 9.89. The summed E-state index contributed by atoms with van der Waals surface area (Å²) in [4.78, 5) is 2.62. The minimum atomic E-state index is -3.25. The molecule has 0 atom stereocenters. The van der Waals surface area contributed by atoms with E-state index in [0.29, 0.717) is 19.0 Å². The molecule has 0 saturated carbocycles. The molecule has 3 rings (SSSR count). The van der Waals surface area contributed by atoms with Crippen molar-refractivity contribution in [2.24, 2.45) is 11.8 Å². The van der Waals surface area contributed by atoms with Gasteiger partial charge in [0.15, 0.2) is 0 Å². The Balaban J connectivity index is 1.35. The molecule has 1 aromatic rings.